The van der Waals surface area contributed by atoms with E-state index in [2.05, 4.69) is 10.2 Å². The van der Waals surface area contributed by atoms with E-state index in [1.54, 1.807) is 0 Å². The van der Waals surface area contributed by atoms with Crippen LogP contribution in [0.2, 0.25) is 0 Å². The molecule has 1 aliphatic rings. The van der Waals surface area contributed by atoms with Gasteiger partial charge in [0.1, 0.15) is 5.01 Å². The Labute approximate surface area is 68.4 Å². The third-order valence-corrected chi connectivity index (χ3v) is 2.43. The molecule has 1 fully saturated rings. The van der Waals surface area contributed by atoms with Gasteiger partial charge in [-0.05, 0) is 0 Å². The molecule has 2 heterocycles. The smallest absolute Gasteiger partial charge is 0.203 e. The van der Waals surface area contributed by atoms with Gasteiger partial charge in [-0.3, -0.25) is 0 Å². The van der Waals surface area contributed by atoms with E-state index in [1.165, 1.54) is 11.3 Å². The van der Waals surface area contributed by atoms with Gasteiger partial charge in [0.25, 0.3) is 0 Å². The van der Waals surface area contributed by atoms with E-state index in [1.807, 2.05) is 0 Å². The molecule has 0 amide bonds. The van der Waals surface area contributed by atoms with Crippen molar-refractivity contribution in [3.05, 3.63) is 5.01 Å². The number of nitrogens with two attached hydrogens (primary N) is 1. The second kappa shape index (κ2) is 2.75. The predicted molar refractivity (Wildman–Crippen MR) is 42.3 cm³/mol. The Hall–Kier alpha value is -0.680. The normalized spacial score (nSPS) is 18.2. The summed E-state index contributed by atoms with van der Waals surface area (Å²) in [6.45, 7) is 1.72. The van der Waals surface area contributed by atoms with Gasteiger partial charge >= 0.3 is 0 Å². The van der Waals surface area contributed by atoms with Crippen LogP contribution < -0.4 is 5.73 Å². The zero-order valence-electron chi connectivity index (χ0n) is 5.99. The first-order chi connectivity index (χ1) is 5.34. The van der Waals surface area contributed by atoms with Crippen LogP contribution in [0.5, 0.6) is 0 Å². The minimum Gasteiger partial charge on any atom is -0.381 e. The first-order valence-corrected chi connectivity index (χ1v) is 4.32. The number of hydrogen-bond acceptors (Lipinski definition) is 5. The summed E-state index contributed by atoms with van der Waals surface area (Å²) in [7, 11) is 0. The second-order valence-corrected chi connectivity index (χ2v) is 3.74. The zero-order valence-corrected chi connectivity index (χ0v) is 6.80. The van der Waals surface area contributed by atoms with Gasteiger partial charge in [-0.15, -0.1) is 10.2 Å². The first kappa shape index (κ1) is 7.00. The van der Waals surface area contributed by atoms with Crippen LogP contribution in [0, 0.1) is 5.92 Å². The molecular formula is C6H9N3OS. The molecule has 2 rings (SSSR count). The van der Waals surface area contributed by atoms with E-state index in [0.29, 0.717) is 11.0 Å². The van der Waals surface area contributed by atoms with Gasteiger partial charge < -0.3 is 10.5 Å². The number of ether oxygens (including phenoxy) is 1. The minimum absolute atomic E-state index is 0.556. The first-order valence-electron chi connectivity index (χ1n) is 3.50. The van der Waals surface area contributed by atoms with E-state index in [4.69, 9.17) is 10.5 Å². The van der Waals surface area contributed by atoms with Crippen LogP contribution in [0.1, 0.15) is 5.01 Å². The van der Waals surface area contributed by atoms with Gasteiger partial charge in [-0.25, -0.2) is 0 Å². The van der Waals surface area contributed by atoms with Gasteiger partial charge in [0.05, 0.1) is 13.2 Å². The molecule has 0 aromatic carbocycles. The average Bonchev–Trinajstić information content (AvgIpc) is 2.27. The van der Waals surface area contributed by atoms with Gasteiger partial charge in [0.2, 0.25) is 5.13 Å². The van der Waals surface area contributed by atoms with Crippen LogP contribution in [-0.4, -0.2) is 23.4 Å². The highest BCUT2D eigenvalue weighted by Gasteiger charge is 2.20. The maximum Gasteiger partial charge on any atom is 0.203 e. The Morgan fingerprint density at radius 3 is 2.82 bits per heavy atom. The maximum atomic E-state index is 5.43. The van der Waals surface area contributed by atoms with Crippen LogP contribution in [0.15, 0.2) is 0 Å². The molecule has 1 aromatic heterocycles. The van der Waals surface area contributed by atoms with Gasteiger partial charge in [-0.1, -0.05) is 11.3 Å². The van der Waals surface area contributed by atoms with Crippen LogP contribution >= 0.6 is 11.3 Å². The zero-order chi connectivity index (χ0) is 7.68. The highest BCUT2D eigenvalue weighted by Crippen LogP contribution is 2.19. The molecule has 11 heavy (non-hydrogen) atoms. The summed E-state index contributed by atoms with van der Waals surface area (Å²) < 4.78 is 5.04. The fourth-order valence-electron chi connectivity index (χ4n) is 0.998. The lowest BCUT2D eigenvalue weighted by Gasteiger charge is -2.24. The fraction of sp³-hybridized carbons (Fsp3) is 0.667. The Bertz CT molecular complexity index is 246. The number of rotatable bonds is 2. The predicted octanol–water partition coefficient (Wildman–Crippen LogP) is 0.309. The topological polar surface area (TPSA) is 61.0 Å². The van der Waals surface area contributed by atoms with E-state index in [9.17, 15) is 0 Å². The standard InChI is InChI=1S/C6H9N3OS/c7-6-9-8-5(11-6)1-4-2-10-3-4/h4H,1-3H2,(H2,7,9). The van der Waals surface area contributed by atoms with Crippen molar-refractivity contribution in [2.45, 2.75) is 6.42 Å². The number of nitrogens with zero attached hydrogens (tertiary/aromatic N) is 2. The molecule has 0 radical (unpaired) electrons. The quantitative estimate of drug-likeness (QED) is 0.695. The fourth-order valence-corrected chi connectivity index (χ4v) is 1.72. The third-order valence-electron chi connectivity index (χ3n) is 1.65. The molecule has 4 nitrogen and oxygen atoms in total. The van der Waals surface area contributed by atoms with Gasteiger partial charge in [0.15, 0.2) is 0 Å². The molecule has 0 atom stereocenters. The van der Waals surface area contributed by atoms with Crippen molar-refractivity contribution in [2.75, 3.05) is 18.9 Å². The van der Waals surface area contributed by atoms with Crippen molar-refractivity contribution >= 4 is 16.5 Å². The van der Waals surface area contributed by atoms with Crippen molar-refractivity contribution < 1.29 is 4.74 Å². The van der Waals surface area contributed by atoms with Gasteiger partial charge in [-0.2, -0.15) is 0 Å². The largest absolute Gasteiger partial charge is 0.381 e. The van der Waals surface area contributed by atoms with E-state index in [-0.39, 0.29) is 0 Å². The van der Waals surface area contributed by atoms with E-state index < -0.39 is 0 Å². The van der Waals surface area contributed by atoms with E-state index in [0.717, 1.165) is 24.6 Å². The average molecular weight is 171 g/mol. The monoisotopic (exact) mass is 171 g/mol. The number of aromatic nitrogens is 2. The number of anilines is 1. The summed E-state index contributed by atoms with van der Waals surface area (Å²) in [5.41, 5.74) is 5.43. The molecule has 0 spiro atoms. The molecular weight excluding hydrogens is 162 g/mol. The summed E-state index contributed by atoms with van der Waals surface area (Å²) in [6, 6.07) is 0. The molecule has 5 heteroatoms. The molecule has 1 saturated heterocycles. The maximum absolute atomic E-state index is 5.43. The number of nitrogen functional groups attached to an aromatic ring is 1. The molecule has 0 unspecified atom stereocenters. The third kappa shape index (κ3) is 1.49. The van der Waals surface area contributed by atoms with Crippen molar-refractivity contribution in [2.24, 2.45) is 5.92 Å². The molecule has 2 N–H and O–H groups in total. The highest BCUT2D eigenvalue weighted by atomic mass is 32.1. The van der Waals surface area contributed by atoms with Crippen molar-refractivity contribution in [3.8, 4) is 0 Å². The molecule has 1 aromatic rings. The summed E-state index contributed by atoms with van der Waals surface area (Å²) in [6.07, 6.45) is 0.967. The Morgan fingerprint density at radius 2 is 2.36 bits per heavy atom. The summed E-state index contributed by atoms with van der Waals surface area (Å²) >= 11 is 1.47. The van der Waals surface area contributed by atoms with Crippen molar-refractivity contribution in [1.82, 2.24) is 10.2 Å². The highest BCUT2D eigenvalue weighted by molar-refractivity contribution is 7.15. The Kier molecular flexibility index (Phi) is 1.75. The molecule has 0 saturated carbocycles. The van der Waals surface area contributed by atoms with Crippen LogP contribution in [0.25, 0.3) is 0 Å². The van der Waals surface area contributed by atoms with E-state index >= 15 is 0 Å². The van der Waals surface area contributed by atoms with Crippen LogP contribution in [-0.2, 0) is 11.2 Å². The molecule has 0 aliphatic carbocycles. The van der Waals surface area contributed by atoms with Crippen molar-refractivity contribution in [3.63, 3.8) is 0 Å². The molecule has 0 bridgehead atoms. The lowest BCUT2D eigenvalue weighted by Crippen LogP contribution is -2.29. The lowest BCUT2D eigenvalue weighted by molar-refractivity contribution is -0.0313. The molecule has 60 valence electrons. The second-order valence-electron chi connectivity index (χ2n) is 2.64. The Morgan fingerprint density at radius 1 is 1.55 bits per heavy atom. The SMILES string of the molecule is Nc1nnc(CC2COC2)s1. The molecule has 1 aliphatic heterocycles. The van der Waals surface area contributed by atoms with Crippen molar-refractivity contribution in [1.29, 1.82) is 0 Å². The Balaban J connectivity index is 1.95. The minimum atomic E-state index is 0.556. The summed E-state index contributed by atoms with van der Waals surface area (Å²) in [5, 5.41) is 9.24. The summed E-state index contributed by atoms with van der Waals surface area (Å²) in [5.74, 6) is 0.641. The van der Waals surface area contributed by atoms with Crippen LogP contribution in [0.4, 0.5) is 5.13 Å². The lowest BCUT2D eigenvalue weighted by atomic mass is 10.1. The van der Waals surface area contributed by atoms with Gasteiger partial charge in [0, 0.05) is 12.3 Å². The summed E-state index contributed by atoms with van der Waals surface area (Å²) in [4.78, 5) is 0. The van der Waals surface area contributed by atoms with Crippen LogP contribution in [0.3, 0.4) is 0 Å². The number of hydrogen-bond donors (Lipinski definition) is 1.